The average molecular weight is 357 g/mol. The minimum Gasteiger partial charge on any atom is -0.495 e. The molecule has 0 heterocycles. The first-order valence-corrected chi connectivity index (χ1v) is 6.69. The Morgan fingerprint density at radius 1 is 1.05 bits per heavy atom. The van der Waals surface area contributed by atoms with Crippen LogP contribution in [-0.4, -0.2) is 20.0 Å². The molecule has 21 heavy (non-hydrogen) atoms. The summed E-state index contributed by atoms with van der Waals surface area (Å²) in [5.41, 5.74) is -0.581. The lowest BCUT2D eigenvalue weighted by Crippen LogP contribution is -2.09. The van der Waals surface area contributed by atoms with Gasteiger partial charge in [0.1, 0.15) is 27.6 Å². The molecular weight excluding hydrogens is 346 g/mol. The minimum atomic E-state index is -0.922. The van der Waals surface area contributed by atoms with Crippen LogP contribution in [0.15, 0.2) is 34.8 Å². The minimum absolute atomic E-state index is 0.0363. The molecule has 2 aromatic carbocycles. The number of halogens is 3. The lowest BCUT2D eigenvalue weighted by molar-refractivity contribution is 0.102. The second-order valence-corrected chi connectivity index (χ2v) is 4.88. The molecule has 0 fully saturated rings. The fraction of sp³-hybridized carbons (Fsp3) is 0.133. The molecule has 0 saturated carbocycles. The standard InChI is InChI=1S/C15H11BrF2O3/c1-20-11-7-6-8(15(21-2)13(11)16)14(19)12-9(17)4-3-5-10(12)18/h3-7H,1-2H3. The number of methoxy groups -OCH3 is 2. The predicted molar refractivity (Wildman–Crippen MR) is 77.0 cm³/mol. The van der Waals surface area contributed by atoms with Gasteiger partial charge < -0.3 is 9.47 Å². The van der Waals surface area contributed by atoms with Gasteiger partial charge in [-0.05, 0) is 40.2 Å². The van der Waals surface area contributed by atoms with Gasteiger partial charge in [-0.3, -0.25) is 4.79 Å². The molecule has 3 nitrogen and oxygen atoms in total. The fourth-order valence-corrected chi connectivity index (χ4v) is 2.59. The van der Waals surface area contributed by atoms with Crippen molar-refractivity contribution in [3.05, 3.63) is 57.6 Å². The summed E-state index contributed by atoms with van der Waals surface area (Å²) in [6, 6.07) is 6.17. The van der Waals surface area contributed by atoms with Gasteiger partial charge in [0.2, 0.25) is 5.78 Å². The molecular formula is C15H11BrF2O3. The highest BCUT2D eigenvalue weighted by atomic mass is 79.9. The van der Waals surface area contributed by atoms with Gasteiger partial charge in [0.05, 0.1) is 25.3 Å². The van der Waals surface area contributed by atoms with Gasteiger partial charge in [0.15, 0.2) is 0 Å². The summed E-state index contributed by atoms with van der Waals surface area (Å²) in [6.45, 7) is 0. The van der Waals surface area contributed by atoms with Crippen LogP contribution in [0.3, 0.4) is 0 Å². The van der Waals surface area contributed by atoms with Crippen molar-refractivity contribution in [3.63, 3.8) is 0 Å². The van der Waals surface area contributed by atoms with E-state index in [0.717, 1.165) is 12.1 Å². The molecule has 0 radical (unpaired) electrons. The number of hydrogen-bond acceptors (Lipinski definition) is 3. The van der Waals surface area contributed by atoms with Crippen LogP contribution >= 0.6 is 15.9 Å². The van der Waals surface area contributed by atoms with Crippen molar-refractivity contribution in [2.24, 2.45) is 0 Å². The lowest BCUT2D eigenvalue weighted by Gasteiger charge is -2.13. The van der Waals surface area contributed by atoms with Crippen molar-refractivity contribution in [2.75, 3.05) is 14.2 Å². The molecule has 0 amide bonds. The maximum absolute atomic E-state index is 13.7. The van der Waals surface area contributed by atoms with Crippen LogP contribution in [0, 0.1) is 11.6 Å². The van der Waals surface area contributed by atoms with Gasteiger partial charge in [-0.25, -0.2) is 8.78 Å². The Balaban J connectivity index is 2.62. The molecule has 0 N–H and O–H groups in total. The normalized spacial score (nSPS) is 10.3. The van der Waals surface area contributed by atoms with Gasteiger partial charge in [0.25, 0.3) is 0 Å². The third-order valence-corrected chi connectivity index (χ3v) is 3.67. The van der Waals surface area contributed by atoms with Crippen LogP contribution in [0.25, 0.3) is 0 Å². The predicted octanol–water partition coefficient (Wildman–Crippen LogP) is 3.98. The molecule has 0 atom stereocenters. The molecule has 0 unspecified atom stereocenters. The zero-order chi connectivity index (χ0) is 15.6. The molecule has 0 aliphatic heterocycles. The second-order valence-electron chi connectivity index (χ2n) is 4.09. The Bertz CT molecular complexity index is 681. The third-order valence-electron chi connectivity index (χ3n) is 2.92. The third kappa shape index (κ3) is 2.76. The van der Waals surface area contributed by atoms with E-state index in [0.29, 0.717) is 10.2 Å². The van der Waals surface area contributed by atoms with E-state index in [1.165, 1.54) is 32.4 Å². The van der Waals surface area contributed by atoms with Crippen LogP contribution < -0.4 is 9.47 Å². The zero-order valence-corrected chi connectivity index (χ0v) is 12.8. The smallest absolute Gasteiger partial charge is 0.202 e. The largest absolute Gasteiger partial charge is 0.495 e. The molecule has 0 saturated heterocycles. The first kappa shape index (κ1) is 15.4. The number of rotatable bonds is 4. The quantitative estimate of drug-likeness (QED) is 0.777. The Morgan fingerprint density at radius 3 is 2.19 bits per heavy atom. The van der Waals surface area contributed by atoms with E-state index in [1.54, 1.807) is 0 Å². The number of carbonyl (C=O) groups is 1. The highest BCUT2D eigenvalue weighted by Crippen LogP contribution is 2.38. The van der Waals surface area contributed by atoms with Crippen molar-refractivity contribution >= 4 is 21.7 Å². The van der Waals surface area contributed by atoms with Crippen molar-refractivity contribution < 1.29 is 23.0 Å². The lowest BCUT2D eigenvalue weighted by atomic mass is 10.0. The Morgan fingerprint density at radius 2 is 1.67 bits per heavy atom. The number of ether oxygens (including phenoxy) is 2. The zero-order valence-electron chi connectivity index (χ0n) is 11.2. The summed E-state index contributed by atoms with van der Waals surface area (Å²) in [6.07, 6.45) is 0. The summed E-state index contributed by atoms with van der Waals surface area (Å²) in [5.74, 6) is -2.05. The van der Waals surface area contributed by atoms with Crippen LogP contribution in [0.4, 0.5) is 8.78 Å². The van der Waals surface area contributed by atoms with E-state index >= 15 is 0 Å². The Kier molecular flexibility index (Phi) is 4.57. The van der Waals surface area contributed by atoms with E-state index < -0.39 is 23.0 Å². The molecule has 0 spiro atoms. The van der Waals surface area contributed by atoms with E-state index in [9.17, 15) is 13.6 Å². The van der Waals surface area contributed by atoms with Gasteiger partial charge >= 0.3 is 0 Å². The first-order valence-electron chi connectivity index (χ1n) is 5.90. The van der Waals surface area contributed by atoms with Crippen LogP contribution in [0.1, 0.15) is 15.9 Å². The Hall–Kier alpha value is -1.95. The molecule has 110 valence electrons. The molecule has 0 bridgehead atoms. The average Bonchev–Trinajstić information content (AvgIpc) is 2.46. The first-order chi connectivity index (χ1) is 10.0. The molecule has 0 aliphatic carbocycles. The monoisotopic (exact) mass is 356 g/mol. The molecule has 2 rings (SSSR count). The number of carbonyl (C=O) groups excluding carboxylic acids is 1. The molecule has 2 aromatic rings. The number of hydrogen-bond donors (Lipinski definition) is 0. The van der Waals surface area contributed by atoms with Gasteiger partial charge in [-0.2, -0.15) is 0 Å². The van der Waals surface area contributed by atoms with Crippen LogP contribution in [0.2, 0.25) is 0 Å². The van der Waals surface area contributed by atoms with Crippen LogP contribution in [0.5, 0.6) is 11.5 Å². The summed E-state index contributed by atoms with van der Waals surface area (Å²) in [7, 11) is 2.81. The van der Waals surface area contributed by atoms with Crippen molar-refractivity contribution in [3.8, 4) is 11.5 Å². The van der Waals surface area contributed by atoms with Gasteiger partial charge in [-0.15, -0.1) is 0 Å². The molecule has 0 aliphatic rings. The van der Waals surface area contributed by atoms with E-state index in [1.807, 2.05) is 0 Å². The van der Waals surface area contributed by atoms with Crippen molar-refractivity contribution in [2.45, 2.75) is 0 Å². The maximum Gasteiger partial charge on any atom is 0.202 e. The fourth-order valence-electron chi connectivity index (χ4n) is 1.92. The highest BCUT2D eigenvalue weighted by Gasteiger charge is 2.24. The van der Waals surface area contributed by atoms with E-state index in [-0.39, 0.29) is 11.3 Å². The molecule has 6 heteroatoms. The van der Waals surface area contributed by atoms with Crippen molar-refractivity contribution in [1.82, 2.24) is 0 Å². The van der Waals surface area contributed by atoms with Crippen molar-refractivity contribution in [1.29, 1.82) is 0 Å². The summed E-state index contributed by atoms with van der Waals surface area (Å²) in [4.78, 5) is 12.4. The maximum atomic E-state index is 13.7. The van der Waals surface area contributed by atoms with Crippen LogP contribution in [-0.2, 0) is 0 Å². The van der Waals surface area contributed by atoms with E-state index in [4.69, 9.17) is 9.47 Å². The number of ketones is 1. The van der Waals surface area contributed by atoms with Gasteiger partial charge in [0, 0.05) is 0 Å². The summed E-state index contributed by atoms with van der Waals surface area (Å²) >= 11 is 3.24. The second kappa shape index (κ2) is 6.22. The highest BCUT2D eigenvalue weighted by molar-refractivity contribution is 9.10. The van der Waals surface area contributed by atoms with E-state index in [2.05, 4.69) is 15.9 Å². The summed E-state index contributed by atoms with van der Waals surface area (Å²) < 4.78 is 38.1. The molecule has 0 aromatic heterocycles. The SMILES string of the molecule is COc1ccc(C(=O)c2c(F)cccc2F)c(OC)c1Br. The Labute approximate surface area is 128 Å². The van der Waals surface area contributed by atoms with Gasteiger partial charge in [-0.1, -0.05) is 6.07 Å². The summed E-state index contributed by atoms with van der Waals surface area (Å²) in [5, 5.41) is 0. The number of benzene rings is 2. The topological polar surface area (TPSA) is 35.5 Å².